The molecule has 0 atom stereocenters. The number of carbonyl (C=O) groups is 1. The number of guanidine groups is 1. The predicted molar refractivity (Wildman–Crippen MR) is 91.8 cm³/mol. The van der Waals surface area contributed by atoms with E-state index in [1.807, 2.05) is 32.2 Å². The van der Waals surface area contributed by atoms with Crippen LogP contribution in [0.5, 0.6) is 0 Å². The Morgan fingerprint density at radius 2 is 2.27 bits per heavy atom. The molecule has 1 aromatic rings. The summed E-state index contributed by atoms with van der Waals surface area (Å²) in [6, 6.07) is 7.26. The van der Waals surface area contributed by atoms with E-state index in [4.69, 9.17) is 5.73 Å². The van der Waals surface area contributed by atoms with Crippen LogP contribution in [0.15, 0.2) is 41.9 Å². The third-order valence-electron chi connectivity index (χ3n) is 3.22. The molecule has 3 N–H and O–H groups in total. The van der Waals surface area contributed by atoms with Gasteiger partial charge in [0.05, 0.1) is 6.54 Å². The maximum absolute atomic E-state index is 11.2. The SMILES string of the molecule is C=CCCCN(C)C(=NCc1cccc(C(N)=O)c1)NCC. The van der Waals surface area contributed by atoms with Gasteiger partial charge in [0.1, 0.15) is 0 Å². The molecule has 0 aliphatic rings. The molecule has 1 rings (SSSR count). The summed E-state index contributed by atoms with van der Waals surface area (Å²) in [6.45, 7) is 8.01. The lowest BCUT2D eigenvalue weighted by Crippen LogP contribution is -2.39. The molecule has 5 heteroatoms. The van der Waals surface area contributed by atoms with Gasteiger partial charge in [-0.1, -0.05) is 18.2 Å². The standard InChI is InChI=1S/C17H26N4O/c1-4-6-7-11-21(3)17(19-5-2)20-13-14-9-8-10-15(12-14)16(18)22/h4,8-10,12H,1,5-7,11,13H2,2-3H3,(H2,18,22)(H,19,20). The Balaban J connectivity index is 2.74. The molecule has 0 spiro atoms. The van der Waals surface area contributed by atoms with E-state index < -0.39 is 5.91 Å². The van der Waals surface area contributed by atoms with Crippen LogP contribution in [0.25, 0.3) is 0 Å². The van der Waals surface area contributed by atoms with E-state index in [2.05, 4.69) is 21.8 Å². The van der Waals surface area contributed by atoms with E-state index in [1.165, 1.54) is 0 Å². The van der Waals surface area contributed by atoms with Crippen LogP contribution in [0.3, 0.4) is 0 Å². The average molecular weight is 302 g/mol. The second kappa shape index (κ2) is 9.60. The van der Waals surface area contributed by atoms with Gasteiger partial charge in [-0.3, -0.25) is 4.79 Å². The van der Waals surface area contributed by atoms with Gasteiger partial charge in [0.2, 0.25) is 5.91 Å². The molecule has 120 valence electrons. The van der Waals surface area contributed by atoms with Crippen molar-refractivity contribution in [1.82, 2.24) is 10.2 Å². The lowest BCUT2D eigenvalue weighted by Gasteiger charge is -2.21. The van der Waals surface area contributed by atoms with E-state index in [0.717, 1.165) is 37.5 Å². The van der Waals surface area contributed by atoms with Crippen LogP contribution < -0.4 is 11.1 Å². The molecule has 5 nitrogen and oxygen atoms in total. The highest BCUT2D eigenvalue weighted by Gasteiger charge is 2.05. The van der Waals surface area contributed by atoms with Crippen molar-refractivity contribution in [2.24, 2.45) is 10.7 Å². The van der Waals surface area contributed by atoms with Crippen molar-refractivity contribution >= 4 is 11.9 Å². The summed E-state index contributed by atoms with van der Waals surface area (Å²) in [5.74, 6) is 0.440. The van der Waals surface area contributed by atoms with Gasteiger partial charge in [-0.05, 0) is 37.5 Å². The number of amides is 1. The largest absolute Gasteiger partial charge is 0.366 e. The Bertz CT molecular complexity index is 525. The number of primary amides is 1. The van der Waals surface area contributed by atoms with Crippen LogP contribution in [-0.2, 0) is 6.54 Å². The molecule has 1 aromatic carbocycles. The first kappa shape index (κ1) is 17.8. The average Bonchev–Trinajstić information content (AvgIpc) is 2.51. The first-order valence-electron chi connectivity index (χ1n) is 7.57. The molecule has 0 saturated carbocycles. The minimum Gasteiger partial charge on any atom is -0.366 e. The number of allylic oxidation sites excluding steroid dienone is 1. The Hall–Kier alpha value is -2.30. The molecule has 0 unspecified atom stereocenters. The van der Waals surface area contributed by atoms with Crippen LogP contribution in [0.1, 0.15) is 35.7 Å². The molecule has 0 aromatic heterocycles. The second-order valence-corrected chi connectivity index (χ2v) is 5.09. The van der Waals surface area contributed by atoms with Gasteiger partial charge < -0.3 is 16.0 Å². The Labute approximate surface area is 132 Å². The van der Waals surface area contributed by atoms with Crippen LogP contribution in [0.2, 0.25) is 0 Å². The summed E-state index contributed by atoms with van der Waals surface area (Å²) in [4.78, 5) is 17.9. The first-order valence-corrected chi connectivity index (χ1v) is 7.57. The quantitative estimate of drug-likeness (QED) is 0.334. The highest BCUT2D eigenvalue weighted by molar-refractivity contribution is 5.92. The number of nitrogens with one attached hydrogen (secondary N) is 1. The maximum Gasteiger partial charge on any atom is 0.248 e. The van der Waals surface area contributed by atoms with Crippen molar-refractivity contribution in [3.8, 4) is 0 Å². The van der Waals surface area contributed by atoms with Crippen LogP contribution in [-0.4, -0.2) is 36.9 Å². The summed E-state index contributed by atoms with van der Waals surface area (Å²) in [5, 5.41) is 3.28. The zero-order valence-corrected chi connectivity index (χ0v) is 13.5. The van der Waals surface area contributed by atoms with Crippen molar-refractivity contribution in [1.29, 1.82) is 0 Å². The molecule has 0 saturated heterocycles. The minimum absolute atomic E-state index is 0.417. The molecular formula is C17H26N4O. The fraction of sp³-hybridized carbons (Fsp3) is 0.412. The van der Waals surface area contributed by atoms with Gasteiger partial charge in [0.25, 0.3) is 0 Å². The number of benzene rings is 1. The molecule has 1 amide bonds. The van der Waals surface area contributed by atoms with E-state index in [0.29, 0.717) is 12.1 Å². The maximum atomic E-state index is 11.2. The molecular weight excluding hydrogens is 276 g/mol. The van der Waals surface area contributed by atoms with Gasteiger partial charge in [-0.25, -0.2) is 4.99 Å². The number of aliphatic imine (C=N–C) groups is 1. The van der Waals surface area contributed by atoms with Crippen LogP contribution in [0.4, 0.5) is 0 Å². The number of hydrogen-bond donors (Lipinski definition) is 2. The molecule has 0 radical (unpaired) electrons. The van der Waals surface area contributed by atoms with Crippen molar-refractivity contribution in [2.75, 3.05) is 20.1 Å². The topological polar surface area (TPSA) is 70.7 Å². The van der Waals surface area contributed by atoms with E-state index in [9.17, 15) is 4.79 Å². The third-order valence-corrected chi connectivity index (χ3v) is 3.22. The Morgan fingerprint density at radius 1 is 1.50 bits per heavy atom. The molecule has 0 fully saturated rings. The fourth-order valence-corrected chi connectivity index (χ4v) is 2.04. The lowest BCUT2D eigenvalue weighted by atomic mass is 10.1. The lowest BCUT2D eigenvalue weighted by molar-refractivity contribution is 0.1000. The summed E-state index contributed by atoms with van der Waals surface area (Å²) >= 11 is 0. The first-order chi connectivity index (χ1) is 10.6. The molecule has 0 bridgehead atoms. The van der Waals surface area contributed by atoms with Gasteiger partial charge in [-0.2, -0.15) is 0 Å². The monoisotopic (exact) mass is 302 g/mol. The van der Waals surface area contributed by atoms with Gasteiger partial charge in [-0.15, -0.1) is 6.58 Å². The van der Waals surface area contributed by atoms with Crippen LogP contribution in [0, 0.1) is 0 Å². The zero-order chi connectivity index (χ0) is 16.4. The number of rotatable bonds is 8. The Morgan fingerprint density at radius 3 is 2.91 bits per heavy atom. The summed E-state index contributed by atoms with van der Waals surface area (Å²) in [7, 11) is 2.02. The third kappa shape index (κ3) is 5.99. The number of unbranched alkanes of at least 4 members (excludes halogenated alkanes) is 1. The zero-order valence-electron chi connectivity index (χ0n) is 13.5. The van der Waals surface area contributed by atoms with Gasteiger partial charge >= 0.3 is 0 Å². The summed E-state index contributed by atoms with van der Waals surface area (Å²) in [6.07, 6.45) is 3.96. The van der Waals surface area contributed by atoms with E-state index in [-0.39, 0.29) is 0 Å². The van der Waals surface area contributed by atoms with E-state index >= 15 is 0 Å². The highest BCUT2D eigenvalue weighted by Crippen LogP contribution is 2.06. The summed E-state index contributed by atoms with van der Waals surface area (Å²) in [5.41, 5.74) is 6.77. The van der Waals surface area contributed by atoms with Crippen molar-refractivity contribution < 1.29 is 4.79 Å². The second-order valence-electron chi connectivity index (χ2n) is 5.09. The van der Waals surface area contributed by atoms with Crippen molar-refractivity contribution in [2.45, 2.75) is 26.3 Å². The van der Waals surface area contributed by atoms with Crippen LogP contribution >= 0.6 is 0 Å². The number of nitrogens with zero attached hydrogens (tertiary/aromatic N) is 2. The Kier molecular flexibility index (Phi) is 7.75. The normalized spacial score (nSPS) is 11.1. The molecule has 0 heterocycles. The predicted octanol–water partition coefficient (Wildman–Crippen LogP) is 2.15. The number of nitrogens with two attached hydrogens (primary N) is 1. The number of hydrogen-bond acceptors (Lipinski definition) is 2. The van der Waals surface area contributed by atoms with Crippen molar-refractivity contribution in [3.05, 3.63) is 48.0 Å². The van der Waals surface area contributed by atoms with Crippen molar-refractivity contribution in [3.63, 3.8) is 0 Å². The van der Waals surface area contributed by atoms with E-state index in [1.54, 1.807) is 12.1 Å². The smallest absolute Gasteiger partial charge is 0.248 e. The molecule has 0 aliphatic carbocycles. The van der Waals surface area contributed by atoms with Gasteiger partial charge in [0.15, 0.2) is 5.96 Å². The molecule has 22 heavy (non-hydrogen) atoms. The fourth-order valence-electron chi connectivity index (χ4n) is 2.04. The highest BCUT2D eigenvalue weighted by atomic mass is 16.1. The molecule has 0 aliphatic heterocycles. The van der Waals surface area contributed by atoms with Gasteiger partial charge in [0, 0.05) is 25.7 Å². The summed E-state index contributed by atoms with van der Waals surface area (Å²) < 4.78 is 0. The number of carbonyl (C=O) groups excluding carboxylic acids is 1. The minimum atomic E-state index is -0.417.